The number of rotatable bonds is 6. The summed E-state index contributed by atoms with van der Waals surface area (Å²) in [6.07, 6.45) is 4.09. The van der Waals surface area contributed by atoms with Gasteiger partial charge in [0, 0.05) is 41.2 Å². The molecule has 1 amide bonds. The van der Waals surface area contributed by atoms with Gasteiger partial charge in [0.25, 0.3) is 5.91 Å². The van der Waals surface area contributed by atoms with Crippen molar-refractivity contribution in [3.05, 3.63) is 89.0 Å². The minimum absolute atomic E-state index is 0.155. The third kappa shape index (κ3) is 4.65. The van der Waals surface area contributed by atoms with E-state index in [-0.39, 0.29) is 11.9 Å². The van der Waals surface area contributed by atoms with Gasteiger partial charge in [0.05, 0.1) is 24.2 Å². The Labute approximate surface area is 195 Å². The Morgan fingerprint density at radius 3 is 2.88 bits per heavy atom. The van der Waals surface area contributed by atoms with Crippen molar-refractivity contribution in [2.75, 3.05) is 11.9 Å². The minimum atomic E-state index is -0.156. The van der Waals surface area contributed by atoms with Crippen LogP contribution in [-0.2, 0) is 6.54 Å². The van der Waals surface area contributed by atoms with Gasteiger partial charge < -0.3 is 15.4 Å². The second-order valence-corrected chi connectivity index (χ2v) is 8.00. The number of nitrogens with one attached hydrogen (secondary N) is 3. The number of benzene rings is 2. The van der Waals surface area contributed by atoms with E-state index in [1.165, 1.54) is 0 Å². The molecule has 5 rings (SSSR count). The van der Waals surface area contributed by atoms with Gasteiger partial charge in [-0.15, -0.1) is 0 Å². The number of carbonyl (C=O) groups excluding carboxylic acids is 1. The lowest BCUT2D eigenvalue weighted by Crippen LogP contribution is -2.32. The summed E-state index contributed by atoms with van der Waals surface area (Å²) in [5.74, 6) is 1.78. The Morgan fingerprint density at radius 1 is 1.15 bits per heavy atom. The zero-order valence-electron chi connectivity index (χ0n) is 17.6. The highest BCUT2D eigenvalue weighted by atomic mass is 35.5. The van der Waals surface area contributed by atoms with E-state index in [0.717, 1.165) is 16.8 Å². The topological polar surface area (TPSA) is 105 Å². The molecular formula is C24H21ClN6O2. The van der Waals surface area contributed by atoms with Crippen LogP contribution in [0.5, 0.6) is 5.75 Å². The van der Waals surface area contributed by atoms with Crippen molar-refractivity contribution < 1.29 is 9.53 Å². The standard InChI is InChI=1S/C24H21ClN6O2/c25-19-6-2-5-18-20(9-12-33-22(18)19)28-24(32)16-3-1-4-17(13-16)27-14-21-29-23(31-30-21)15-7-10-26-11-8-15/h1-8,10-11,13,20,27H,9,12,14H2,(H,28,32)(H,29,30,31)/t20-/m1/s1. The number of pyridine rings is 1. The van der Waals surface area contributed by atoms with Gasteiger partial charge in [0.15, 0.2) is 5.82 Å². The van der Waals surface area contributed by atoms with E-state index in [1.54, 1.807) is 24.5 Å². The van der Waals surface area contributed by atoms with Gasteiger partial charge in [-0.05, 0) is 36.4 Å². The average Bonchev–Trinajstić information content (AvgIpc) is 3.33. The number of ether oxygens (including phenoxy) is 1. The maximum absolute atomic E-state index is 12.9. The Bertz CT molecular complexity index is 1280. The summed E-state index contributed by atoms with van der Waals surface area (Å²) in [5, 5.41) is 14.1. The highest BCUT2D eigenvalue weighted by Crippen LogP contribution is 2.37. The molecular weight excluding hydrogens is 440 g/mol. The summed E-state index contributed by atoms with van der Waals surface area (Å²) >= 11 is 6.24. The molecule has 0 radical (unpaired) electrons. The number of nitrogens with zero attached hydrogens (tertiary/aromatic N) is 3. The fourth-order valence-electron chi connectivity index (χ4n) is 3.74. The Balaban J connectivity index is 1.24. The number of H-pyrrole nitrogens is 1. The number of hydrogen-bond donors (Lipinski definition) is 3. The number of fused-ring (bicyclic) bond motifs is 1. The molecule has 0 bridgehead atoms. The number of amides is 1. The summed E-state index contributed by atoms with van der Waals surface area (Å²) in [6, 6.07) is 16.5. The molecule has 166 valence electrons. The molecule has 0 aliphatic carbocycles. The van der Waals surface area contributed by atoms with Crippen molar-refractivity contribution in [1.29, 1.82) is 0 Å². The van der Waals surface area contributed by atoms with Crippen molar-refractivity contribution >= 4 is 23.2 Å². The van der Waals surface area contributed by atoms with Crippen molar-refractivity contribution in [3.63, 3.8) is 0 Å². The summed E-state index contributed by atoms with van der Waals surface area (Å²) in [7, 11) is 0. The maximum Gasteiger partial charge on any atom is 0.251 e. The van der Waals surface area contributed by atoms with Crippen LogP contribution in [0.15, 0.2) is 67.0 Å². The van der Waals surface area contributed by atoms with E-state index in [1.807, 2.05) is 42.5 Å². The first kappa shape index (κ1) is 21.0. The van der Waals surface area contributed by atoms with Crippen molar-refractivity contribution in [3.8, 4) is 17.1 Å². The Hall–Kier alpha value is -3.91. The van der Waals surface area contributed by atoms with Gasteiger partial charge in [-0.2, -0.15) is 5.10 Å². The number of anilines is 1. The lowest BCUT2D eigenvalue weighted by molar-refractivity contribution is 0.0925. The molecule has 8 nitrogen and oxygen atoms in total. The fraction of sp³-hybridized carbons (Fsp3) is 0.167. The first-order valence-corrected chi connectivity index (χ1v) is 10.9. The van der Waals surface area contributed by atoms with Crippen LogP contribution >= 0.6 is 11.6 Å². The number of hydrogen-bond acceptors (Lipinski definition) is 6. The highest BCUT2D eigenvalue weighted by Gasteiger charge is 2.25. The quantitative estimate of drug-likeness (QED) is 0.394. The normalized spacial score (nSPS) is 14.8. The molecule has 1 aliphatic rings. The zero-order valence-corrected chi connectivity index (χ0v) is 18.3. The van der Waals surface area contributed by atoms with E-state index in [0.29, 0.717) is 47.6 Å². The second-order valence-electron chi connectivity index (χ2n) is 7.60. The van der Waals surface area contributed by atoms with Crippen LogP contribution in [0.2, 0.25) is 5.02 Å². The van der Waals surface area contributed by atoms with Gasteiger partial charge in [0.1, 0.15) is 11.6 Å². The van der Waals surface area contributed by atoms with E-state index in [4.69, 9.17) is 16.3 Å². The molecule has 0 spiro atoms. The van der Waals surface area contributed by atoms with Crippen LogP contribution in [0.1, 0.15) is 34.2 Å². The number of para-hydroxylation sites is 1. The lowest BCUT2D eigenvalue weighted by atomic mass is 10.00. The summed E-state index contributed by atoms with van der Waals surface area (Å²) in [6.45, 7) is 0.941. The first-order chi connectivity index (χ1) is 16.2. The Morgan fingerprint density at radius 2 is 2.00 bits per heavy atom. The predicted molar refractivity (Wildman–Crippen MR) is 125 cm³/mol. The molecule has 3 N–H and O–H groups in total. The number of aromatic amines is 1. The molecule has 1 atom stereocenters. The van der Waals surface area contributed by atoms with Crippen LogP contribution < -0.4 is 15.4 Å². The SMILES string of the molecule is O=C(N[C@@H]1CCOc2c(Cl)cccc21)c1cccc(NCc2nc(-c3ccncc3)n[nH]2)c1. The molecule has 0 unspecified atom stereocenters. The van der Waals surface area contributed by atoms with Gasteiger partial charge in [-0.25, -0.2) is 4.98 Å². The van der Waals surface area contributed by atoms with Gasteiger partial charge in [-0.1, -0.05) is 29.8 Å². The van der Waals surface area contributed by atoms with Crippen LogP contribution in [0, 0.1) is 0 Å². The number of halogens is 1. The van der Waals surface area contributed by atoms with Crippen LogP contribution in [0.4, 0.5) is 5.69 Å². The number of carbonyl (C=O) groups is 1. The first-order valence-electron chi connectivity index (χ1n) is 10.5. The summed E-state index contributed by atoms with van der Waals surface area (Å²) in [4.78, 5) is 21.5. The van der Waals surface area contributed by atoms with E-state index in [9.17, 15) is 4.79 Å². The molecule has 9 heteroatoms. The van der Waals surface area contributed by atoms with Crippen LogP contribution in [-0.4, -0.2) is 32.7 Å². The van der Waals surface area contributed by atoms with Crippen molar-refractivity contribution in [2.45, 2.75) is 19.0 Å². The lowest BCUT2D eigenvalue weighted by Gasteiger charge is -2.27. The maximum atomic E-state index is 12.9. The molecule has 33 heavy (non-hydrogen) atoms. The third-order valence-electron chi connectivity index (χ3n) is 5.39. The largest absolute Gasteiger partial charge is 0.492 e. The van der Waals surface area contributed by atoms with Crippen molar-refractivity contribution in [1.82, 2.24) is 25.5 Å². The molecule has 3 heterocycles. The predicted octanol–water partition coefficient (Wildman–Crippen LogP) is 4.39. The van der Waals surface area contributed by atoms with Gasteiger partial charge in [-0.3, -0.25) is 14.9 Å². The summed E-state index contributed by atoms with van der Waals surface area (Å²) < 4.78 is 5.68. The van der Waals surface area contributed by atoms with Crippen molar-refractivity contribution in [2.24, 2.45) is 0 Å². The smallest absolute Gasteiger partial charge is 0.251 e. The van der Waals surface area contributed by atoms with Crippen LogP contribution in [0.25, 0.3) is 11.4 Å². The molecule has 1 aliphatic heterocycles. The number of aromatic nitrogens is 4. The zero-order chi connectivity index (χ0) is 22.6. The third-order valence-corrected chi connectivity index (χ3v) is 5.68. The van der Waals surface area contributed by atoms with E-state index in [2.05, 4.69) is 30.8 Å². The molecule has 0 fully saturated rings. The van der Waals surface area contributed by atoms with Crippen LogP contribution in [0.3, 0.4) is 0 Å². The van der Waals surface area contributed by atoms with E-state index < -0.39 is 0 Å². The highest BCUT2D eigenvalue weighted by molar-refractivity contribution is 6.32. The fourth-order valence-corrected chi connectivity index (χ4v) is 3.98. The molecule has 0 saturated carbocycles. The van der Waals surface area contributed by atoms with Gasteiger partial charge in [0.2, 0.25) is 0 Å². The monoisotopic (exact) mass is 460 g/mol. The average molecular weight is 461 g/mol. The molecule has 2 aromatic carbocycles. The molecule has 4 aromatic rings. The van der Waals surface area contributed by atoms with Gasteiger partial charge >= 0.3 is 0 Å². The van der Waals surface area contributed by atoms with E-state index >= 15 is 0 Å². The molecule has 0 saturated heterocycles. The summed E-state index contributed by atoms with van der Waals surface area (Å²) in [5.41, 5.74) is 3.15. The minimum Gasteiger partial charge on any atom is -0.492 e. The second kappa shape index (κ2) is 9.30. The molecule has 2 aromatic heterocycles. The Kier molecular flexibility index (Phi) is 5.91.